The molecule has 0 bridgehead atoms. The zero-order valence-corrected chi connectivity index (χ0v) is 11.1. The molecule has 0 saturated heterocycles. The summed E-state index contributed by atoms with van der Waals surface area (Å²) in [6.07, 6.45) is 0.840. The molecule has 6 heteroatoms. The minimum Gasteiger partial charge on any atom is -0.359 e. The van der Waals surface area contributed by atoms with Crippen LogP contribution in [0.4, 0.5) is 10.5 Å². The van der Waals surface area contributed by atoms with Gasteiger partial charge in [0, 0.05) is 11.4 Å². The predicted octanol–water partition coefficient (Wildman–Crippen LogP) is 2.72. The second-order valence-electron chi connectivity index (χ2n) is 3.91. The number of carbonyl (C=O) groups excluding carboxylic acids is 1. The van der Waals surface area contributed by atoms with Crippen LogP contribution in [0.3, 0.4) is 0 Å². The third kappa shape index (κ3) is 3.10. The number of amides is 2. The van der Waals surface area contributed by atoms with Crippen LogP contribution in [0, 0.1) is 13.8 Å². The Balaban J connectivity index is 1.79. The zero-order chi connectivity index (χ0) is 13.0. The largest absolute Gasteiger partial charge is 0.359 e. The highest BCUT2D eigenvalue weighted by atomic mass is 32.1. The van der Waals surface area contributed by atoms with Gasteiger partial charge in [0.25, 0.3) is 0 Å². The summed E-state index contributed by atoms with van der Waals surface area (Å²) < 4.78 is 4.97. The van der Waals surface area contributed by atoms with Crippen LogP contribution < -0.4 is 10.6 Å². The van der Waals surface area contributed by atoms with Gasteiger partial charge in [-0.2, -0.15) is 0 Å². The van der Waals surface area contributed by atoms with Gasteiger partial charge in [0.05, 0.1) is 0 Å². The fraction of sp³-hybridized carbons (Fsp3) is 0.333. The van der Waals surface area contributed by atoms with Crippen molar-refractivity contribution in [2.75, 3.05) is 11.9 Å². The molecule has 0 aromatic carbocycles. The molecule has 0 aliphatic carbocycles. The highest BCUT2D eigenvalue weighted by Crippen LogP contribution is 2.18. The first-order chi connectivity index (χ1) is 8.66. The van der Waals surface area contributed by atoms with Crippen LogP contribution in [0.2, 0.25) is 0 Å². The van der Waals surface area contributed by atoms with Crippen LogP contribution in [-0.4, -0.2) is 17.7 Å². The van der Waals surface area contributed by atoms with E-state index < -0.39 is 0 Å². The minimum atomic E-state index is -0.235. The van der Waals surface area contributed by atoms with Gasteiger partial charge >= 0.3 is 6.03 Å². The van der Waals surface area contributed by atoms with Crippen LogP contribution in [0.25, 0.3) is 0 Å². The summed E-state index contributed by atoms with van der Waals surface area (Å²) >= 11 is 1.69. The Morgan fingerprint density at radius 1 is 1.50 bits per heavy atom. The first kappa shape index (κ1) is 12.6. The van der Waals surface area contributed by atoms with Gasteiger partial charge in [-0.15, -0.1) is 11.3 Å². The molecule has 0 radical (unpaired) electrons. The van der Waals surface area contributed by atoms with E-state index in [9.17, 15) is 4.79 Å². The van der Waals surface area contributed by atoms with E-state index in [0.29, 0.717) is 23.7 Å². The molecule has 0 atom stereocenters. The third-order valence-corrected chi connectivity index (χ3v) is 3.45. The Morgan fingerprint density at radius 3 is 2.94 bits per heavy atom. The van der Waals surface area contributed by atoms with Gasteiger partial charge in [-0.1, -0.05) is 11.2 Å². The third-order valence-electron chi connectivity index (χ3n) is 2.51. The van der Waals surface area contributed by atoms with Crippen LogP contribution in [0.1, 0.15) is 16.3 Å². The summed E-state index contributed by atoms with van der Waals surface area (Å²) in [5, 5.41) is 11.3. The Hall–Kier alpha value is -1.82. The highest BCUT2D eigenvalue weighted by molar-refractivity contribution is 7.09. The normalized spacial score (nSPS) is 10.3. The van der Waals surface area contributed by atoms with E-state index >= 15 is 0 Å². The monoisotopic (exact) mass is 265 g/mol. The molecule has 5 nitrogen and oxygen atoms in total. The SMILES string of the molecule is Cc1noc(C)c1NC(=O)NCCc1cccs1. The Morgan fingerprint density at radius 2 is 2.33 bits per heavy atom. The summed E-state index contributed by atoms with van der Waals surface area (Å²) in [6, 6.07) is 3.82. The maximum absolute atomic E-state index is 11.7. The van der Waals surface area contributed by atoms with Crippen molar-refractivity contribution in [3.63, 3.8) is 0 Å². The lowest BCUT2D eigenvalue weighted by molar-refractivity contribution is 0.252. The van der Waals surface area contributed by atoms with Crippen LogP contribution in [-0.2, 0) is 6.42 Å². The lowest BCUT2D eigenvalue weighted by Gasteiger charge is -2.06. The van der Waals surface area contributed by atoms with E-state index in [2.05, 4.69) is 21.9 Å². The number of rotatable bonds is 4. The standard InChI is InChI=1S/C12H15N3O2S/c1-8-11(9(2)17-15-8)14-12(16)13-6-5-10-4-3-7-18-10/h3-4,7H,5-6H2,1-2H3,(H2,13,14,16). The molecule has 96 valence electrons. The van der Waals surface area contributed by atoms with Gasteiger partial charge in [-0.05, 0) is 31.7 Å². The molecule has 2 rings (SSSR count). The molecule has 2 amide bonds. The maximum Gasteiger partial charge on any atom is 0.319 e. The maximum atomic E-state index is 11.7. The summed E-state index contributed by atoms with van der Waals surface area (Å²) in [4.78, 5) is 12.9. The second-order valence-corrected chi connectivity index (χ2v) is 4.94. The molecule has 2 heterocycles. The van der Waals surface area contributed by atoms with E-state index in [4.69, 9.17) is 4.52 Å². The van der Waals surface area contributed by atoms with Gasteiger partial charge in [-0.3, -0.25) is 0 Å². The van der Waals surface area contributed by atoms with E-state index in [1.165, 1.54) is 4.88 Å². The van der Waals surface area contributed by atoms with E-state index in [1.54, 1.807) is 25.2 Å². The topological polar surface area (TPSA) is 67.2 Å². The fourth-order valence-electron chi connectivity index (χ4n) is 1.57. The molecule has 0 fully saturated rings. The number of carbonyl (C=O) groups is 1. The first-order valence-electron chi connectivity index (χ1n) is 5.67. The van der Waals surface area contributed by atoms with Crippen LogP contribution in [0.5, 0.6) is 0 Å². The average molecular weight is 265 g/mol. The van der Waals surface area contributed by atoms with Gasteiger partial charge in [0.2, 0.25) is 0 Å². The molecular formula is C12H15N3O2S. The number of aromatic nitrogens is 1. The summed E-state index contributed by atoms with van der Waals surface area (Å²) in [5.74, 6) is 0.612. The number of nitrogens with one attached hydrogen (secondary N) is 2. The Bertz CT molecular complexity index is 500. The van der Waals surface area contributed by atoms with Crippen molar-refractivity contribution in [3.05, 3.63) is 33.8 Å². The number of thiophene rings is 1. The lowest BCUT2D eigenvalue weighted by Crippen LogP contribution is -2.30. The molecule has 0 spiro atoms. The molecule has 0 aliphatic rings. The smallest absolute Gasteiger partial charge is 0.319 e. The average Bonchev–Trinajstić information content (AvgIpc) is 2.94. The fourth-order valence-corrected chi connectivity index (χ4v) is 2.28. The van der Waals surface area contributed by atoms with E-state index in [-0.39, 0.29) is 6.03 Å². The molecule has 2 aromatic heterocycles. The quantitative estimate of drug-likeness (QED) is 0.893. The molecule has 0 saturated carbocycles. The molecule has 0 aliphatic heterocycles. The number of anilines is 1. The van der Waals surface area contributed by atoms with Gasteiger partial charge < -0.3 is 15.2 Å². The van der Waals surface area contributed by atoms with Gasteiger partial charge in [0.1, 0.15) is 11.4 Å². The Kier molecular flexibility index (Phi) is 3.99. The van der Waals surface area contributed by atoms with E-state index in [0.717, 1.165) is 6.42 Å². The van der Waals surface area contributed by atoms with Crippen molar-refractivity contribution in [1.82, 2.24) is 10.5 Å². The summed E-state index contributed by atoms with van der Waals surface area (Å²) in [7, 11) is 0. The van der Waals surface area contributed by atoms with Crippen molar-refractivity contribution >= 4 is 23.1 Å². The van der Waals surface area contributed by atoms with Crippen molar-refractivity contribution in [3.8, 4) is 0 Å². The number of hydrogen-bond donors (Lipinski definition) is 2. The number of urea groups is 1. The van der Waals surface area contributed by atoms with E-state index in [1.807, 2.05) is 11.4 Å². The van der Waals surface area contributed by atoms with Crippen LogP contribution >= 0.6 is 11.3 Å². The van der Waals surface area contributed by atoms with Crippen molar-refractivity contribution in [2.45, 2.75) is 20.3 Å². The highest BCUT2D eigenvalue weighted by Gasteiger charge is 2.11. The number of nitrogens with zero attached hydrogens (tertiary/aromatic N) is 1. The number of aryl methyl sites for hydroxylation is 2. The molecule has 0 unspecified atom stereocenters. The summed E-state index contributed by atoms with van der Waals surface area (Å²) in [5.41, 5.74) is 1.32. The number of hydrogen-bond acceptors (Lipinski definition) is 4. The van der Waals surface area contributed by atoms with Crippen molar-refractivity contribution in [2.24, 2.45) is 0 Å². The first-order valence-corrected chi connectivity index (χ1v) is 6.55. The predicted molar refractivity (Wildman–Crippen MR) is 71.0 cm³/mol. The van der Waals surface area contributed by atoms with Gasteiger partial charge in [0.15, 0.2) is 5.76 Å². The minimum absolute atomic E-state index is 0.235. The van der Waals surface area contributed by atoms with Crippen LogP contribution in [0.15, 0.2) is 22.0 Å². The van der Waals surface area contributed by atoms with Crippen molar-refractivity contribution < 1.29 is 9.32 Å². The van der Waals surface area contributed by atoms with Gasteiger partial charge in [-0.25, -0.2) is 4.79 Å². The summed E-state index contributed by atoms with van der Waals surface area (Å²) in [6.45, 7) is 4.16. The molecule has 18 heavy (non-hydrogen) atoms. The molecule has 2 N–H and O–H groups in total. The lowest BCUT2D eigenvalue weighted by atomic mass is 10.3. The molecular weight excluding hydrogens is 250 g/mol. The Labute approximate surface area is 109 Å². The second kappa shape index (κ2) is 5.68. The van der Waals surface area contributed by atoms with Crippen molar-refractivity contribution in [1.29, 1.82) is 0 Å². The zero-order valence-electron chi connectivity index (χ0n) is 10.3. The molecule has 2 aromatic rings.